The first kappa shape index (κ1) is 33.4. The number of carbonyl (C=O) groups excluding carboxylic acids is 1. The first-order chi connectivity index (χ1) is 20.8. The van der Waals surface area contributed by atoms with Gasteiger partial charge in [0.1, 0.15) is 37.1 Å². The van der Waals surface area contributed by atoms with Crippen molar-refractivity contribution in [1.82, 2.24) is 0 Å². The highest BCUT2D eigenvalue weighted by Crippen LogP contribution is 2.34. The summed E-state index contributed by atoms with van der Waals surface area (Å²) in [5, 5.41) is 91.6. The van der Waals surface area contributed by atoms with Gasteiger partial charge in [-0.3, -0.25) is 0 Å². The van der Waals surface area contributed by atoms with Crippen LogP contribution in [0, 0.1) is 0 Å². The van der Waals surface area contributed by atoms with Crippen molar-refractivity contribution in [1.29, 1.82) is 0 Å². The van der Waals surface area contributed by atoms with E-state index in [0.717, 1.165) is 6.08 Å². The molecule has 0 bridgehead atoms. The average molecular weight is 625 g/mol. The molecule has 2 fully saturated rings. The van der Waals surface area contributed by atoms with Gasteiger partial charge in [0, 0.05) is 6.08 Å². The van der Waals surface area contributed by atoms with Crippen LogP contribution in [-0.2, 0) is 34.9 Å². The Bertz CT molecular complexity index is 1320. The molecule has 0 spiro atoms. The summed E-state index contributed by atoms with van der Waals surface area (Å²) in [6, 6.07) is 7.93. The fourth-order valence-corrected chi connectivity index (χ4v) is 4.74. The zero-order valence-corrected chi connectivity index (χ0v) is 23.5. The normalized spacial score (nSPS) is 32.5. The number of phenols is 4. The van der Waals surface area contributed by atoms with E-state index in [9.17, 15) is 50.8 Å². The molecule has 44 heavy (non-hydrogen) atoms. The summed E-state index contributed by atoms with van der Waals surface area (Å²) in [5.41, 5.74) is 0.884. The number of aliphatic hydroxyl groups is 5. The molecule has 242 valence electrons. The second-order valence-electron chi connectivity index (χ2n) is 10.5. The smallest absolute Gasteiger partial charge is 0.331 e. The van der Waals surface area contributed by atoms with Crippen LogP contribution in [0.5, 0.6) is 23.0 Å². The summed E-state index contributed by atoms with van der Waals surface area (Å²) in [4.78, 5) is 12.7. The standard InChI is InChI=1S/C29H36O15/c1-14-23(36)27(38)29(39,13-41-14)44-26-24(37)25(43-22(35)7-4-15-2-5-17(31)19(33)10-15)21(12-30)42-28(26)40-9-8-16-3-6-18(32)20(34)11-16/h2-7,10-11,14,21,23-28,30-34,36-39H,8-9,12-13H2,1H3/b7-4+/t14?,21?,23-,24?,25-,26?,27?,28-,29-/m1/s1. The highest BCUT2D eigenvalue weighted by Gasteiger charge is 2.55. The van der Waals surface area contributed by atoms with Gasteiger partial charge in [0.2, 0.25) is 5.79 Å². The van der Waals surface area contributed by atoms with Crippen molar-refractivity contribution in [2.45, 2.75) is 68.1 Å². The fraction of sp³-hybridized carbons (Fsp3) is 0.483. The molecule has 2 heterocycles. The molecule has 0 amide bonds. The summed E-state index contributed by atoms with van der Waals surface area (Å²) < 4.78 is 27.9. The summed E-state index contributed by atoms with van der Waals surface area (Å²) in [7, 11) is 0. The van der Waals surface area contributed by atoms with Crippen LogP contribution in [0.4, 0.5) is 0 Å². The van der Waals surface area contributed by atoms with Crippen LogP contribution >= 0.6 is 0 Å². The summed E-state index contributed by atoms with van der Waals surface area (Å²) >= 11 is 0. The fourth-order valence-electron chi connectivity index (χ4n) is 4.74. The van der Waals surface area contributed by atoms with E-state index in [1.165, 1.54) is 49.4 Å². The van der Waals surface area contributed by atoms with Gasteiger partial charge in [0.05, 0.1) is 19.3 Å². The number of aromatic hydroxyl groups is 4. The molecule has 2 aromatic rings. The molecule has 0 aliphatic carbocycles. The van der Waals surface area contributed by atoms with Crippen LogP contribution in [-0.4, -0.2) is 127 Å². The van der Waals surface area contributed by atoms with E-state index < -0.39 is 79.7 Å². The Hall–Kier alpha value is -3.51. The lowest BCUT2D eigenvalue weighted by Crippen LogP contribution is -2.68. The Balaban J connectivity index is 1.53. The number of aliphatic hydroxyl groups excluding tert-OH is 4. The van der Waals surface area contributed by atoms with Crippen molar-refractivity contribution < 1.29 is 74.4 Å². The van der Waals surface area contributed by atoms with Crippen LogP contribution in [0.2, 0.25) is 0 Å². The molecule has 2 aliphatic heterocycles. The van der Waals surface area contributed by atoms with Gasteiger partial charge in [0.25, 0.3) is 0 Å². The van der Waals surface area contributed by atoms with Crippen molar-refractivity contribution >= 4 is 12.0 Å². The molecule has 5 unspecified atom stereocenters. The van der Waals surface area contributed by atoms with Crippen LogP contribution < -0.4 is 0 Å². The first-order valence-electron chi connectivity index (χ1n) is 13.7. The van der Waals surface area contributed by atoms with Gasteiger partial charge in [-0.15, -0.1) is 0 Å². The lowest BCUT2D eigenvalue weighted by Gasteiger charge is -2.48. The van der Waals surface area contributed by atoms with Gasteiger partial charge in [-0.2, -0.15) is 0 Å². The number of hydrogen-bond acceptors (Lipinski definition) is 15. The molecule has 2 aliphatic rings. The number of hydrogen-bond donors (Lipinski definition) is 9. The van der Waals surface area contributed by atoms with E-state index in [0.29, 0.717) is 11.1 Å². The van der Waals surface area contributed by atoms with E-state index >= 15 is 0 Å². The number of rotatable bonds is 10. The largest absolute Gasteiger partial charge is 0.504 e. The average Bonchev–Trinajstić information content (AvgIpc) is 2.99. The minimum absolute atomic E-state index is 0.122. The quantitative estimate of drug-likeness (QED) is 0.0665. The van der Waals surface area contributed by atoms with Gasteiger partial charge in [-0.05, 0) is 54.8 Å². The maximum atomic E-state index is 12.7. The van der Waals surface area contributed by atoms with E-state index in [1.807, 2.05) is 0 Å². The number of carbonyl (C=O) groups is 1. The van der Waals surface area contributed by atoms with Gasteiger partial charge in [-0.1, -0.05) is 12.1 Å². The van der Waals surface area contributed by atoms with E-state index in [2.05, 4.69) is 0 Å². The Kier molecular flexibility index (Phi) is 10.7. The molecule has 0 saturated carbocycles. The molecule has 2 aromatic carbocycles. The third-order valence-electron chi connectivity index (χ3n) is 7.33. The SMILES string of the molecule is CC1OC[C@@](O)(OC2C(O)[C@H](OC(=O)/C=C/c3ccc(O)c(O)c3)C(CO)O[C@H]2OCCc2ccc(O)c(O)c2)C(O)[C@@H]1O. The predicted octanol–water partition coefficient (Wildman–Crippen LogP) is -1.01. The topological polar surface area (TPSA) is 245 Å². The maximum Gasteiger partial charge on any atom is 0.331 e. The Morgan fingerprint density at radius 2 is 1.66 bits per heavy atom. The van der Waals surface area contributed by atoms with Gasteiger partial charge in [-0.25, -0.2) is 4.79 Å². The maximum absolute atomic E-state index is 12.7. The van der Waals surface area contributed by atoms with E-state index in [-0.39, 0.29) is 30.3 Å². The van der Waals surface area contributed by atoms with Crippen molar-refractivity contribution in [3.63, 3.8) is 0 Å². The van der Waals surface area contributed by atoms with Gasteiger partial charge < -0.3 is 69.6 Å². The minimum Gasteiger partial charge on any atom is -0.504 e. The molecule has 0 radical (unpaired) electrons. The van der Waals surface area contributed by atoms with Crippen LogP contribution in [0.25, 0.3) is 6.08 Å². The summed E-state index contributed by atoms with van der Waals surface area (Å²) in [6.45, 7) is -0.0305. The Labute approximate surface area is 251 Å². The van der Waals surface area contributed by atoms with Crippen molar-refractivity contribution in [3.8, 4) is 23.0 Å². The molecule has 9 N–H and O–H groups in total. The van der Waals surface area contributed by atoms with Gasteiger partial charge in [0.15, 0.2) is 35.4 Å². The third kappa shape index (κ3) is 7.58. The highest BCUT2D eigenvalue weighted by molar-refractivity contribution is 5.87. The predicted molar refractivity (Wildman–Crippen MR) is 147 cm³/mol. The minimum atomic E-state index is -2.56. The zero-order chi connectivity index (χ0) is 32.2. The van der Waals surface area contributed by atoms with Gasteiger partial charge >= 0.3 is 5.97 Å². The number of benzene rings is 2. The van der Waals surface area contributed by atoms with E-state index in [1.54, 1.807) is 0 Å². The second kappa shape index (κ2) is 14.1. The van der Waals surface area contributed by atoms with Crippen molar-refractivity contribution in [2.75, 3.05) is 19.8 Å². The monoisotopic (exact) mass is 624 g/mol. The molecule has 4 rings (SSSR count). The van der Waals surface area contributed by atoms with Crippen molar-refractivity contribution in [2.24, 2.45) is 0 Å². The molecule has 15 nitrogen and oxygen atoms in total. The second-order valence-corrected chi connectivity index (χ2v) is 10.5. The summed E-state index contributed by atoms with van der Waals surface area (Å²) in [6.07, 6.45) is -9.89. The molecule has 0 aromatic heterocycles. The summed E-state index contributed by atoms with van der Waals surface area (Å²) in [5.74, 6) is -5.02. The molecule has 2 saturated heterocycles. The third-order valence-corrected chi connectivity index (χ3v) is 7.33. The molecule has 9 atom stereocenters. The number of phenolic OH excluding ortho intramolecular Hbond substituents is 4. The zero-order valence-electron chi connectivity index (χ0n) is 23.5. The Morgan fingerprint density at radius 1 is 0.977 bits per heavy atom. The van der Waals surface area contributed by atoms with Crippen LogP contribution in [0.1, 0.15) is 18.1 Å². The molecule has 15 heteroatoms. The van der Waals surface area contributed by atoms with Crippen LogP contribution in [0.3, 0.4) is 0 Å². The number of esters is 1. The van der Waals surface area contributed by atoms with E-state index in [4.69, 9.17) is 23.7 Å². The number of ether oxygens (including phenoxy) is 5. The molecular weight excluding hydrogens is 588 g/mol. The lowest BCUT2D eigenvalue weighted by molar-refractivity contribution is -0.394. The Morgan fingerprint density at radius 3 is 2.32 bits per heavy atom. The van der Waals surface area contributed by atoms with Crippen LogP contribution in [0.15, 0.2) is 42.5 Å². The lowest BCUT2D eigenvalue weighted by atomic mass is 9.95. The highest BCUT2D eigenvalue weighted by atomic mass is 16.7. The van der Waals surface area contributed by atoms with Crippen molar-refractivity contribution in [3.05, 3.63) is 53.6 Å². The molecular formula is C29H36O15. The first-order valence-corrected chi connectivity index (χ1v) is 13.7.